The summed E-state index contributed by atoms with van der Waals surface area (Å²) in [6.07, 6.45) is 0.962. The van der Waals surface area contributed by atoms with Crippen LogP contribution in [0.5, 0.6) is 5.75 Å². The molecule has 168 valence electrons. The molecule has 4 rings (SSSR count). The Morgan fingerprint density at radius 2 is 1.55 bits per heavy atom. The summed E-state index contributed by atoms with van der Waals surface area (Å²) in [6, 6.07) is 15.8. The van der Waals surface area contributed by atoms with Crippen molar-refractivity contribution in [3.63, 3.8) is 0 Å². The Labute approximate surface area is 190 Å². The van der Waals surface area contributed by atoms with Gasteiger partial charge in [0.1, 0.15) is 22.5 Å². The van der Waals surface area contributed by atoms with Gasteiger partial charge in [-0.05, 0) is 53.8 Å². The van der Waals surface area contributed by atoms with E-state index in [0.717, 1.165) is 12.0 Å². The van der Waals surface area contributed by atoms with Crippen LogP contribution in [0.15, 0.2) is 54.6 Å². The second kappa shape index (κ2) is 8.74. The van der Waals surface area contributed by atoms with E-state index < -0.39 is 11.8 Å². The van der Waals surface area contributed by atoms with Crippen LogP contribution in [0.1, 0.15) is 63.6 Å². The van der Waals surface area contributed by atoms with Gasteiger partial charge in [0.15, 0.2) is 0 Å². The molecule has 0 saturated carbocycles. The number of rotatable bonds is 7. The number of aromatic nitrogens is 3. The van der Waals surface area contributed by atoms with E-state index in [1.165, 1.54) is 4.80 Å². The Hall–Kier alpha value is -4.20. The molecule has 1 unspecified atom stereocenters. The number of benzene rings is 3. The van der Waals surface area contributed by atoms with E-state index in [9.17, 15) is 14.7 Å². The van der Waals surface area contributed by atoms with Gasteiger partial charge in [-0.2, -0.15) is 0 Å². The molecule has 0 spiro atoms. The number of nitrogens with zero attached hydrogens (tertiary/aromatic N) is 3. The van der Waals surface area contributed by atoms with E-state index >= 15 is 0 Å². The smallest absolute Gasteiger partial charge is 0.249 e. The van der Waals surface area contributed by atoms with Crippen molar-refractivity contribution in [3.05, 3.63) is 82.4 Å². The summed E-state index contributed by atoms with van der Waals surface area (Å²) in [5, 5.41) is 20.2. The van der Waals surface area contributed by atoms with Crippen molar-refractivity contribution in [2.24, 2.45) is 11.5 Å². The van der Waals surface area contributed by atoms with E-state index in [2.05, 4.69) is 24.0 Å². The van der Waals surface area contributed by atoms with E-state index in [1.807, 2.05) is 36.4 Å². The van der Waals surface area contributed by atoms with Gasteiger partial charge in [0, 0.05) is 23.1 Å². The summed E-state index contributed by atoms with van der Waals surface area (Å²) >= 11 is 0. The van der Waals surface area contributed by atoms with Crippen molar-refractivity contribution in [2.45, 2.75) is 32.6 Å². The number of nitrogens with two attached hydrogens (primary N) is 2. The number of primary amides is 2. The molecular weight excluding hydrogens is 418 g/mol. The molecule has 8 nitrogen and oxygen atoms in total. The largest absolute Gasteiger partial charge is 0.505 e. The molecule has 1 aromatic heterocycles. The standard InChI is InChI=1S/C25H25N5O3/c1-3-14(2)15-11-16(12-19-17(24(26)32)7-6-8-18(19)25(27)33)23(31)22(13-15)30-28-20-9-4-5-10-21(20)29-30/h4-11,13-14,31H,3,12H2,1-2H3,(H2,26,32)(H2,27,33). The van der Waals surface area contributed by atoms with Gasteiger partial charge in [-0.3, -0.25) is 9.59 Å². The van der Waals surface area contributed by atoms with E-state index in [0.29, 0.717) is 27.8 Å². The highest BCUT2D eigenvalue weighted by molar-refractivity contribution is 6.01. The Morgan fingerprint density at radius 3 is 2.06 bits per heavy atom. The average molecular weight is 444 g/mol. The molecule has 5 N–H and O–H groups in total. The van der Waals surface area contributed by atoms with Gasteiger partial charge in [-0.25, -0.2) is 0 Å². The zero-order chi connectivity index (χ0) is 23.7. The summed E-state index contributed by atoms with van der Waals surface area (Å²) in [4.78, 5) is 25.5. The van der Waals surface area contributed by atoms with Crippen molar-refractivity contribution < 1.29 is 14.7 Å². The van der Waals surface area contributed by atoms with Gasteiger partial charge >= 0.3 is 0 Å². The number of phenols is 1. The minimum atomic E-state index is -0.675. The second-order valence-electron chi connectivity index (χ2n) is 8.07. The third kappa shape index (κ3) is 4.15. The van der Waals surface area contributed by atoms with E-state index in [4.69, 9.17) is 11.5 Å². The Bertz CT molecular complexity index is 1310. The Kier molecular flexibility index (Phi) is 5.83. The minimum absolute atomic E-state index is 0.0444. The molecule has 0 fully saturated rings. The quantitative estimate of drug-likeness (QED) is 0.402. The molecule has 0 bridgehead atoms. The van der Waals surface area contributed by atoms with Gasteiger partial charge < -0.3 is 16.6 Å². The topological polar surface area (TPSA) is 137 Å². The number of fused-ring (bicyclic) bond motifs is 1. The van der Waals surface area contributed by atoms with Gasteiger partial charge in [0.2, 0.25) is 11.8 Å². The van der Waals surface area contributed by atoms with Crippen LogP contribution in [0, 0.1) is 0 Å². The third-order valence-corrected chi connectivity index (χ3v) is 5.95. The van der Waals surface area contributed by atoms with E-state index in [1.54, 1.807) is 18.2 Å². The van der Waals surface area contributed by atoms with Gasteiger partial charge in [-0.1, -0.05) is 38.1 Å². The van der Waals surface area contributed by atoms with Crippen LogP contribution < -0.4 is 11.5 Å². The van der Waals surface area contributed by atoms with Gasteiger partial charge in [0.25, 0.3) is 0 Å². The first kappa shape index (κ1) is 22.0. The molecule has 1 atom stereocenters. The zero-order valence-corrected chi connectivity index (χ0v) is 18.4. The second-order valence-corrected chi connectivity index (χ2v) is 8.07. The number of carbonyl (C=O) groups is 2. The number of hydrogen-bond donors (Lipinski definition) is 3. The molecule has 4 aromatic rings. The number of carbonyl (C=O) groups excluding carboxylic acids is 2. The highest BCUT2D eigenvalue weighted by Gasteiger charge is 2.21. The third-order valence-electron chi connectivity index (χ3n) is 5.95. The normalized spacial score (nSPS) is 12.1. The van der Waals surface area contributed by atoms with Crippen LogP contribution in [-0.2, 0) is 6.42 Å². The molecule has 2 amide bonds. The van der Waals surface area contributed by atoms with Gasteiger partial charge in [0.05, 0.1) is 0 Å². The highest BCUT2D eigenvalue weighted by Crippen LogP contribution is 2.34. The van der Waals surface area contributed by atoms with Crippen molar-refractivity contribution in [1.82, 2.24) is 15.0 Å². The average Bonchev–Trinajstić information content (AvgIpc) is 3.23. The fourth-order valence-electron chi connectivity index (χ4n) is 3.91. The highest BCUT2D eigenvalue weighted by atomic mass is 16.3. The lowest BCUT2D eigenvalue weighted by Gasteiger charge is -2.17. The van der Waals surface area contributed by atoms with Gasteiger partial charge in [-0.15, -0.1) is 15.0 Å². The van der Waals surface area contributed by atoms with Crippen molar-refractivity contribution >= 4 is 22.8 Å². The molecule has 8 heteroatoms. The first-order valence-electron chi connectivity index (χ1n) is 10.7. The number of hydrogen-bond acceptors (Lipinski definition) is 5. The Morgan fingerprint density at radius 1 is 0.970 bits per heavy atom. The summed E-state index contributed by atoms with van der Waals surface area (Å²) in [5.74, 6) is -1.20. The molecule has 0 aliphatic rings. The maximum absolute atomic E-state index is 12.1. The van der Waals surface area contributed by atoms with E-state index in [-0.39, 0.29) is 29.2 Å². The van der Waals surface area contributed by atoms with Crippen molar-refractivity contribution in [2.75, 3.05) is 0 Å². The zero-order valence-electron chi connectivity index (χ0n) is 18.4. The number of aromatic hydroxyl groups is 1. The summed E-state index contributed by atoms with van der Waals surface area (Å²) in [7, 11) is 0. The maximum Gasteiger partial charge on any atom is 0.249 e. The lowest BCUT2D eigenvalue weighted by atomic mass is 9.90. The first-order valence-corrected chi connectivity index (χ1v) is 10.7. The SMILES string of the molecule is CCC(C)c1cc(Cc2c(C(N)=O)cccc2C(N)=O)c(O)c(-n2nc3ccccc3n2)c1. The molecule has 0 aliphatic heterocycles. The Balaban J connectivity index is 1.92. The van der Waals surface area contributed by atoms with Crippen molar-refractivity contribution in [3.8, 4) is 11.4 Å². The predicted molar refractivity (Wildman–Crippen MR) is 126 cm³/mol. The molecule has 0 aliphatic carbocycles. The fraction of sp³-hybridized carbons (Fsp3) is 0.200. The molecule has 0 saturated heterocycles. The summed E-state index contributed by atoms with van der Waals surface area (Å²) in [6.45, 7) is 4.16. The summed E-state index contributed by atoms with van der Waals surface area (Å²) in [5.41, 5.74) is 15.2. The van der Waals surface area contributed by atoms with Crippen LogP contribution in [0.2, 0.25) is 0 Å². The van der Waals surface area contributed by atoms with Crippen LogP contribution in [-0.4, -0.2) is 31.9 Å². The lowest BCUT2D eigenvalue weighted by Crippen LogP contribution is -2.20. The van der Waals surface area contributed by atoms with Crippen LogP contribution in [0.3, 0.4) is 0 Å². The predicted octanol–water partition coefficient (Wildman–Crippen LogP) is 3.43. The summed E-state index contributed by atoms with van der Waals surface area (Å²) < 4.78 is 0. The lowest BCUT2D eigenvalue weighted by molar-refractivity contribution is 0.0999. The molecule has 1 heterocycles. The minimum Gasteiger partial charge on any atom is -0.505 e. The van der Waals surface area contributed by atoms with Crippen molar-refractivity contribution in [1.29, 1.82) is 0 Å². The maximum atomic E-state index is 12.1. The molecule has 0 radical (unpaired) electrons. The fourth-order valence-corrected chi connectivity index (χ4v) is 3.91. The van der Waals surface area contributed by atoms with Crippen LogP contribution >= 0.6 is 0 Å². The monoisotopic (exact) mass is 443 g/mol. The first-order chi connectivity index (χ1) is 15.8. The number of amides is 2. The van der Waals surface area contributed by atoms with Crippen LogP contribution in [0.25, 0.3) is 16.7 Å². The van der Waals surface area contributed by atoms with Crippen LogP contribution in [0.4, 0.5) is 0 Å². The molecular formula is C25H25N5O3. The molecule has 33 heavy (non-hydrogen) atoms. The number of phenolic OH excluding ortho intramolecular Hbond substituents is 1. The molecule has 3 aromatic carbocycles.